The molecule has 0 aromatic rings. The summed E-state index contributed by atoms with van der Waals surface area (Å²) in [4.78, 5) is 35.7. The zero-order valence-corrected chi connectivity index (χ0v) is 12.0. The summed E-state index contributed by atoms with van der Waals surface area (Å²) in [5.74, 6) is -1.19. The van der Waals surface area contributed by atoms with Crippen LogP contribution >= 0.6 is 0 Å². The van der Waals surface area contributed by atoms with Crippen LogP contribution in [0.2, 0.25) is 0 Å². The van der Waals surface area contributed by atoms with Crippen molar-refractivity contribution in [1.29, 1.82) is 0 Å². The number of carboxylic acid groups (broad SMARTS) is 1. The molecular formula is C13H22N2O5. The van der Waals surface area contributed by atoms with Crippen LogP contribution in [-0.4, -0.2) is 54.7 Å². The molecule has 0 radical (unpaired) electrons. The van der Waals surface area contributed by atoms with E-state index >= 15 is 0 Å². The Morgan fingerprint density at radius 2 is 1.90 bits per heavy atom. The van der Waals surface area contributed by atoms with Crippen molar-refractivity contribution in [2.45, 2.75) is 32.6 Å². The van der Waals surface area contributed by atoms with Crippen molar-refractivity contribution in [2.24, 2.45) is 5.41 Å². The predicted octanol–water partition coefficient (Wildman–Crippen LogP) is 0.836. The van der Waals surface area contributed by atoms with Gasteiger partial charge in [-0.3, -0.25) is 19.8 Å². The van der Waals surface area contributed by atoms with Gasteiger partial charge in [-0.1, -0.05) is 13.3 Å². The van der Waals surface area contributed by atoms with Gasteiger partial charge in [-0.15, -0.1) is 0 Å². The number of nitrogens with zero attached hydrogens (tertiary/aromatic N) is 1. The second-order valence-electron chi connectivity index (χ2n) is 5.15. The lowest BCUT2D eigenvalue weighted by molar-refractivity contribution is -0.152. The van der Waals surface area contributed by atoms with Crippen LogP contribution in [-0.2, 0) is 14.3 Å². The molecule has 20 heavy (non-hydrogen) atoms. The number of carbonyl (C=O) groups is 3. The maximum Gasteiger partial charge on any atom is 0.413 e. The van der Waals surface area contributed by atoms with E-state index in [2.05, 4.69) is 10.1 Å². The highest BCUT2D eigenvalue weighted by Gasteiger charge is 2.40. The number of methoxy groups -OCH3 is 1. The number of ether oxygens (including phenoxy) is 1. The molecule has 7 heteroatoms. The number of carboxylic acids is 1. The number of amides is 2. The van der Waals surface area contributed by atoms with Crippen LogP contribution in [0.15, 0.2) is 0 Å². The minimum absolute atomic E-state index is 0.0803. The molecule has 1 aliphatic rings. The molecule has 0 atom stereocenters. The summed E-state index contributed by atoms with van der Waals surface area (Å²) in [6.45, 7) is 3.14. The first kappa shape index (κ1) is 16.4. The van der Waals surface area contributed by atoms with E-state index in [4.69, 9.17) is 0 Å². The molecule has 0 aliphatic carbocycles. The maximum atomic E-state index is 11.5. The Kier molecular flexibility index (Phi) is 5.94. The zero-order chi connectivity index (χ0) is 15.2. The third kappa shape index (κ3) is 4.19. The average molecular weight is 286 g/mol. The molecule has 0 aromatic carbocycles. The summed E-state index contributed by atoms with van der Waals surface area (Å²) in [6.07, 6.45) is 1.76. The first-order valence-electron chi connectivity index (χ1n) is 6.77. The molecule has 1 saturated heterocycles. The van der Waals surface area contributed by atoms with Gasteiger partial charge in [-0.2, -0.15) is 0 Å². The molecule has 0 bridgehead atoms. The van der Waals surface area contributed by atoms with Gasteiger partial charge in [0.2, 0.25) is 5.91 Å². The maximum absolute atomic E-state index is 11.5. The third-order valence-corrected chi connectivity index (χ3v) is 3.79. The number of hydrogen-bond acceptors (Lipinski definition) is 5. The molecule has 1 rings (SSSR count). The van der Waals surface area contributed by atoms with Crippen LogP contribution in [0.3, 0.4) is 0 Å². The summed E-state index contributed by atoms with van der Waals surface area (Å²) in [6, 6.07) is 0. The minimum atomic E-state index is -0.780. The number of likely N-dealkylation sites (tertiary alicyclic amines) is 1. The van der Waals surface area contributed by atoms with E-state index in [9.17, 15) is 19.5 Å². The van der Waals surface area contributed by atoms with E-state index in [1.165, 1.54) is 7.11 Å². The van der Waals surface area contributed by atoms with Gasteiger partial charge in [0.05, 0.1) is 19.1 Å². The van der Waals surface area contributed by atoms with E-state index in [1.807, 2.05) is 11.8 Å². The van der Waals surface area contributed by atoms with Crippen molar-refractivity contribution in [2.75, 3.05) is 26.7 Å². The van der Waals surface area contributed by atoms with Crippen molar-refractivity contribution < 1.29 is 24.2 Å². The fourth-order valence-electron chi connectivity index (χ4n) is 2.60. The molecular weight excluding hydrogens is 264 g/mol. The number of piperidine rings is 1. The first-order chi connectivity index (χ1) is 9.43. The Morgan fingerprint density at radius 1 is 1.30 bits per heavy atom. The second-order valence-corrected chi connectivity index (χ2v) is 5.15. The Hall–Kier alpha value is -1.63. The molecule has 2 N–H and O–H groups in total. The fourth-order valence-corrected chi connectivity index (χ4v) is 2.60. The summed E-state index contributed by atoms with van der Waals surface area (Å²) in [7, 11) is 1.19. The Labute approximate surface area is 118 Å². The molecule has 1 heterocycles. The molecule has 1 fully saturated rings. The number of hydrogen-bond donors (Lipinski definition) is 2. The number of nitrogens with one attached hydrogen (secondary N) is 1. The van der Waals surface area contributed by atoms with Gasteiger partial charge in [-0.25, -0.2) is 4.79 Å². The fraction of sp³-hybridized carbons (Fsp3) is 0.769. The summed E-state index contributed by atoms with van der Waals surface area (Å²) in [5, 5.41) is 11.5. The largest absolute Gasteiger partial charge is 0.481 e. The highest BCUT2D eigenvalue weighted by molar-refractivity contribution is 5.92. The highest BCUT2D eigenvalue weighted by Crippen LogP contribution is 2.36. The van der Waals surface area contributed by atoms with Gasteiger partial charge >= 0.3 is 12.1 Å². The molecule has 0 unspecified atom stereocenters. The van der Waals surface area contributed by atoms with E-state index in [0.29, 0.717) is 32.4 Å². The smallest absolute Gasteiger partial charge is 0.413 e. The lowest BCUT2D eigenvalue weighted by atomic mass is 9.75. The van der Waals surface area contributed by atoms with E-state index in [0.717, 1.165) is 6.42 Å². The molecule has 0 aromatic heterocycles. The molecule has 1 aliphatic heterocycles. The van der Waals surface area contributed by atoms with Gasteiger partial charge in [-0.05, 0) is 32.4 Å². The number of rotatable bonds is 5. The summed E-state index contributed by atoms with van der Waals surface area (Å²) < 4.78 is 4.34. The number of alkyl carbamates (subject to hydrolysis) is 1. The normalized spacial score (nSPS) is 18.3. The number of imide groups is 1. The highest BCUT2D eigenvalue weighted by atomic mass is 16.5. The van der Waals surface area contributed by atoms with Gasteiger partial charge in [0, 0.05) is 0 Å². The van der Waals surface area contributed by atoms with Gasteiger partial charge < -0.3 is 9.84 Å². The lowest BCUT2D eigenvalue weighted by Gasteiger charge is -2.38. The van der Waals surface area contributed by atoms with Crippen LogP contribution in [0.4, 0.5) is 4.79 Å². The first-order valence-corrected chi connectivity index (χ1v) is 6.77. The second kappa shape index (κ2) is 7.23. The summed E-state index contributed by atoms with van der Waals surface area (Å²) in [5.41, 5.74) is -0.663. The lowest BCUT2D eigenvalue weighted by Crippen LogP contribution is -2.48. The zero-order valence-electron chi connectivity index (χ0n) is 12.0. The number of aliphatic carboxylic acids is 1. The predicted molar refractivity (Wildman–Crippen MR) is 71.2 cm³/mol. The quantitative estimate of drug-likeness (QED) is 0.777. The molecule has 0 saturated carbocycles. The SMILES string of the molecule is CCCC1(C(=O)O)CCN(CC(=O)NC(=O)OC)CC1. The Bertz CT molecular complexity index is 375. The van der Waals surface area contributed by atoms with Crippen molar-refractivity contribution in [3.63, 3.8) is 0 Å². The molecule has 2 amide bonds. The third-order valence-electron chi connectivity index (χ3n) is 3.79. The number of carbonyl (C=O) groups excluding carboxylic acids is 2. The average Bonchev–Trinajstić information content (AvgIpc) is 2.41. The van der Waals surface area contributed by atoms with Crippen molar-refractivity contribution in [1.82, 2.24) is 10.2 Å². The van der Waals surface area contributed by atoms with Crippen LogP contribution in [0, 0.1) is 5.41 Å². The van der Waals surface area contributed by atoms with Crippen LogP contribution in [0.5, 0.6) is 0 Å². The minimum Gasteiger partial charge on any atom is -0.481 e. The van der Waals surface area contributed by atoms with Crippen molar-refractivity contribution >= 4 is 18.0 Å². The van der Waals surface area contributed by atoms with Crippen LogP contribution in [0.25, 0.3) is 0 Å². The van der Waals surface area contributed by atoms with Gasteiger partial charge in [0.15, 0.2) is 0 Å². The van der Waals surface area contributed by atoms with Crippen LogP contribution in [0.1, 0.15) is 32.6 Å². The standard InChI is InChI=1S/C13H22N2O5/c1-3-4-13(11(17)18)5-7-15(8-6-13)9-10(16)14-12(19)20-2/h3-9H2,1-2H3,(H,17,18)(H,14,16,19). The Morgan fingerprint density at radius 3 is 2.35 bits per heavy atom. The Balaban J connectivity index is 2.47. The molecule has 7 nitrogen and oxygen atoms in total. The molecule has 0 spiro atoms. The van der Waals surface area contributed by atoms with E-state index in [-0.39, 0.29) is 6.54 Å². The van der Waals surface area contributed by atoms with Crippen molar-refractivity contribution in [3.05, 3.63) is 0 Å². The van der Waals surface area contributed by atoms with Crippen LogP contribution < -0.4 is 5.32 Å². The van der Waals surface area contributed by atoms with Gasteiger partial charge in [0.25, 0.3) is 0 Å². The van der Waals surface area contributed by atoms with Gasteiger partial charge in [0.1, 0.15) is 0 Å². The van der Waals surface area contributed by atoms with E-state index in [1.54, 1.807) is 0 Å². The van der Waals surface area contributed by atoms with E-state index < -0.39 is 23.4 Å². The monoisotopic (exact) mass is 286 g/mol. The topological polar surface area (TPSA) is 95.9 Å². The molecule has 114 valence electrons. The summed E-state index contributed by atoms with van der Waals surface area (Å²) >= 11 is 0. The van der Waals surface area contributed by atoms with Crippen molar-refractivity contribution in [3.8, 4) is 0 Å².